The summed E-state index contributed by atoms with van der Waals surface area (Å²) >= 11 is 0. The minimum absolute atomic E-state index is 0.0763. The first kappa shape index (κ1) is 16.4. The minimum Gasteiger partial charge on any atom is -0.480 e. The maximum Gasteiger partial charge on any atom is 0.320 e. The standard InChI is InChI=1S/C14H19N7O2/c15-12(13(22)23)7-9-1-3-11(4-2-9)21-8-10(19-20-21)5-6-18-14(16)17/h1-4,8,12H,5-7,15H2,(H,22,23)(H4,16,17,18)/t12-/m0/s1. The van der Waals surface area contributed by atoms with Gasteiger partial charge >= 0.3 is 5.97 Å². The van der Waals surface area contributed by atoms with Gasteiger partial charge in [0.1, 0.15) is 6.04 Å². The Hall–Kier alpha value is -2.94. The third-order valence-electron chi connectivity index (χ3n) is 3.21. The summed E-state index contributed by atoms with van der Waals surface area (Å²) in [5.41, 5.74) is 13.1. The molecular weight excluding hydrogens is 298 g/mol. The molecule has 7 N–H and O–H groups in total. The van der Waals surface area contributed by atoms with Crippen LogP contribution < -0.4 is 16.8 Å². The molecule has 2 aromatic rings. The SMILES string of the molecule is N=C(N)NCCc1cn(-c2ccc(C[C@H](N)C(=O)O)cc2)nn1. The fraction of sp³-hybridized carbons (Fsp3) is 0.286. The van der Waals surface area contributed by atoms with Gasteiger partial charge in [0.2, 0.25) is 0 Å². The Morgan fingerprint density at radius 1 is 1.39 bits per heavy atom. The average Bonchev–Trinajstić information content (AvgIpc) is 2.96. The van der Waals surface area contributed by atoms with Gasteiger partial charge in [0, 0.05) is 13.0 Å². The van der Waals surface area contributed by atoms with Gasteiger partial charge in [-0.3, -0.25) is 10.2 Å². The summed E-state index contributed by atoms with van der Waals surface area (Å²) in [5.74, 6) is -1.10. The molecule has 1 aromatic heterocycles. The van der Waals surface area contributed by atoms with Crippen molar-refractivity contribution in [3.05, 3.63) is 41.7 Å². The van der Waals surface area contributed by atoms with Crippen LogP contribution in [-0.4, -0.2) is 44.6 Å². The van der Waals surface area contributed by atoms with Crippen molar-refractivity contribution in [1.82, 2.24) is 20.3 Å². The number of hydrogen-bond donors (Lipinski definition) is 5. The van der Waals surface area contributed by atoms with Crippen LogP contribution in [0, 0.1) is 5.41 Å². The van der Waals surface area contributed by atoms with Crippen molar-refractivity contribution in [2.24, 2.45) is 11.5 Å². The van der Waals surface area contributed by atoms with Crippen molar-refractivity contribution < 1.29 is 9.90 Å². The van der Waals surface area contributed by atoms with E-state index in [0.29, 0.717) is 13.0 Å². The summed E-state index contributed by atoms with van der Waals surface area (Å²) in [6.45, 7) is 0.514. The highest BCUT2D eigenvalue weighted by Gasteiger charge is 2.12. The molecule has 9 heteroatoms. The fourth-order valence-corrected chi connectivity index (χ4v) is 1.99. The van der Waals surface area contributed by atoms with E-state index in [1.165, 1.54) is 0 Å². The molecule has 0 saturated heterocycles. The van der Waals surface area contributed by atoms with Crippen LogP contribution in [0.25, 0.3) is 5.69 Å². The lowest BCUT2D eigenvalue weighted by Gasteiger charge is -2.07. The largest absolute Gasteiger partial charge is 0.480 e. The molecule has 9 nitrogen and oxygen atoms in total. The Labute approximate surface area is 132 Å². The summed E-state index contributed by atoms with van der Waals surface area (Å²) in [6.07, 6.45) is 2.67. The van der Waals surface area contributed by atoms with E-state index in [0.717, 1.165) is 16.9 Å². The van der Waals surface area contributed by atoms with Crippen molar-refractivity contribution in [2.75, 3.05) is 6.54 Å². The van der Waals surface area contributed by atoms with Gasteiger partial charge in [0.25, 0.3) is 0 Å². The van der Waals surface area contributed by atoms with E-state index in [-0.39, 0.29) is 12.4 Å². The lowest BCUT2D eigenvalue weighted by Crippen LogP contribution is -2.32. The Bertz CT molecular complexity index is 681. The normalized spacial score (nSPS) is 11.9. The monoisotopic (exact) mass is 317 g/mol. The predicted octanol–water partition coefficient (Wildman–Crippen LogP) is -0.753. The van der Waals surface area contributed by atoms with E-state index in [4.69, 9.17) is 22.0 Å². The zero-order valence-corrected chi connectivity index (χ0v) is 12.4. The van der Waals surface area contributed by atoms with Crippen LogP contribution in [0.5, 0.6) is 0 Å². The third-order valence-corrected chi connectivity index (χ3v) is 3.21. The van der Waals surface area contributed by atoms with Gasteiger partial charge in [-0.1, -0.05) is 17.3 Å². The molecule has 0 bridgehead atoms. The first-order valence-corrected chi connectivity index (χ1v) is 7.02. The molecule has 0 amide bonds. The molecule has 1 aromatic carbocycles. The summed E-state index contributed by atoms with van der Waals surface area (Å²) in [4.78, 5) is 10.7. The quantitative estimate of drug-likeness (QED) is 0.332. The van der Waals surface area contributed by atoms with Crippen LogP contribution in [0.3, 0.4) is 0 Å². The number of carboxylic acid groups (broad SMARTS) is 1. The van der Waals surface area contributed by atoms with Gasteiger partial charge in [0.05, 0.1) is 17.6 Å². The number of nitrogens with two attached hydrogens (primary N) is 2. The molecule has 0 aliphatic carbocycles. The van der Waals surface area contributed by atoms with Crippen LogP contribution >= 0.6 is 0 Å². The topological polar surface area (TPSA) is 156 Å². The van der Waals surface area contributed by atoms with Crippen molar-refractivity contribution in [3.8, 4) is 5.69 Å². The smallest absolute Gasteiger partial charge is 0.320 e. The number of carboxylic acids is 1. The molecule has 0 aliphatic heterocycles. The lowest BCUT2D eigenvalue weighted by atomic mass is 10.1. The van der Waals surface area contributed by atoms with Crippen molar-refractivity contribution in [3.63, 3.8) is 0 Å². The minimum atomic E-state index is -1.02. The van der Waals surface area contributed by atoms with E-state index in [2.05, 4.69) is 15.6 Å². The molecule has 122 valence electrons. The summed E-state index contributed by atoms with van der Waals surface area (Å²) < 4.78 is 1.63. The number of benzene rings is 1. The fourth-order valence-electron chi connectivity index (χ4n) is 1.99. The van der Waals surface area contributed by atoms with Gasteiger partial charge in [0.15, 0.2) is 5.96 Å². The van der Waals surface area contributed by atoms with Gasteiger partial charge < -0.3 is 21.9 Å². The Kier molecular flexibility index (Phi) is 5.26. The molecular formula is C14H19N7O2. The van der Waals surface area contributed by atoms with Crippen molar-refractivity contribution >= 4 is 11.9 Å². The van der Waals surface area contributed by atoms with E-state index in [1.807, 2.05) is 24.3 Å². The molecule has 0 spiro atoms. The number of aliphatic carboxylic acids is 1. The molecule has 23 heavy (non-hydrogen) atoms. The number of nitrogens with zero attached hydrogens (tertiary/aromatic N) is 3. The van der Waals surface area contributed by atoms with Crippen LogP contribution in [0.4, 0.5) is 0 Å². The van der Waals surface area contributed by atoms with E-state index >= 15 is 0 Å². The van der Waals surface area contributed by atoms with Crippen LogP contribution in [0.1, 0.15) is 11.3 Å². The summed E-state index contributed by atoms with van der Waals surface area (Å²) in [5, 5.41) is 26.7. The third kappa shape index (κ3) is 4.78. The van der Waals surface area contributed by atoms with E-state index in [1.54, 1.807) is 10.9 Å². The maximum atomic E-state index is 10.7. The van der Waals surface area contributed by atoms with Gasteiger partial charge in [-0.25, -0.2) is 4.68 Å². The van der Waals surface area contributed by atoms with Crippen LogP contribution in [0.15, 0.2) is 30.5 Å². The van der Waals surface area contributed by atoms with Crippen LogP contribution in [-0.2, 0) is 17.6 Å². The number of nitrogens with one attached hydrogen (secondary N) is 2. The molecule has 0 aliphatic rings. The van der Waals surface area contributed by atoms with Crippen molar-refractivity contribution in [2.45, 2.75) is 18.9 Å². The highest BCUT2D eigenvalue weighted by atomic mass is 16.4. The molecule has 0 fully saturated rings. The maximum absolute atomic E-state index is 10.7. The highest BCUT2D eigenvalue weighted by Crippen LogP contribution is 2.10. The Morgan fingerprint density at radius 2 is 2.09 bits per heavy atom. The molecule has 0 unspecified atom stereocenters. The number of hydrogen-bond acceptors (Lipinski definition) is 5. The molecule has 2 rings (SSSR count). The number of carbonyl (C=O) groups is 1. The van der Waals surface area contributed by atoms with Crippen molar-refractivity contribution in [1.29, 1.82) is 5.41 Å². The molecule has 0 radical (unpaired) electrons. The second-order valence-electron chi connectivity index (χ2n) is 5.06. The Morgan fingerprint density at radius 3 is 2.70 bits per heavy atom. The van der Waals surface area contributed by atoms with Crippen LogP contribution in [0.2, 0.25) is 0 Å². The zero-order valence-electron chi connectivity index (χ0n) is 12.4. The van der Waals surface area contributed by atoms with Gasteiger partial charge in [-0.2, -0.15) is 0 Å². The summed E-state index contributed by atoms with van der Waals surface area (Å²) in [6, 6.07) is 6.38. The first-order chi connectivity index (χ1) is 11.0. The first-order valence-electron chi connectivity index (χ1n) is 7.02. The zero-order chi connectivity index (χ0) is 16.8. The molecule has 1 atom stereocenters. The lowest BCUT2D eigenvalue weighted by molar-refractivity contribution is -0.138. The van der Waals surface area contributed by atoms with Gasteiger partial charge in [-0.05, 0) is 24.1 Å². The van der Waals surface area contributed by atoms with E-state index in [9.17, 15) is 4.79 Å². The number of aromatic nitrogens is 3. The second kappa shape index (κ2) is 7.36. The predicted molar refractivity (Wildman–Crippen MR) is 84.3 cm³/mol. The number of guanidine groups is 1. The molecule has 0 saturated carbocycles. The number of rotatable bonds is 7. The highest BCUT2D eigenvalue weighted by molar-refractivity contribution is 5.74. The second-order valence-corrected chi connectivity index (χ2v) is 5.06. The van der Waals surface area contributed by atoms with E-state index < -0.39 is 12.0 Å². The average molecular weight is 317 g/mol. The van der Waals surface area contributed by atoms with Gasteiger partial charge in [-0.15, -0.1) is 5.10 Å². The summed E-state index contributed by atoms with van der Waals surface area (Å²) in [7, 11) is 0. The molecule has 1 heterocycles. The Balaban J connectivity index is 1.98.